The van der Waals surface area contributed by atoms with E-state index in [0.717, 1.165) is 0 Å². The molecule has 0 unspecified atom stereocenters. The molecule has 0 fully saturated rings. The highest BCUT2D eigenvalue weighted by Gasteiger charge is 2.13. The average Bonchev–Trinajstić information content (AvgIpc) is 2.45. The van der Waals surface area contributed by atoms with Gasteiger partial charge in [0.1, 0.15) is 6.29 Å². The fraction of sp³-hybridized carbons (Fsp3) is 0.667. The molecular weight excluding hydrogens is 292 g/mol. The van der Waals surface area contributed by atoms with Gasteiger partial charge in [-0.15, -0.1) is 0 Å². The molecule has 0 aliphatic carbocycles. The summed E-state index contributed by atoms with van der Waals surface area (Å²) in [6.45, 7) is 0.911. The van der Waals surface area contributed by atoms with Crippen molar-refractivity contribution in [2.45, 2.75) is 31.3 Å². The fourth-order valence-electron chi connectivity index (χ4n) is 1.58. The highest BCUT2D eigenvalue weighted by Crippen LogP contribution is 1.95. The Hall–Kier alpha value is -2.20. The lowest BCUT2D eigenvalue weighted by atomic mass is 10.1. The van der Waals surface area contributed by atoms with Gasteiger partial charge in [0, 0.05) is 19.6 Å². The number of guanidine groups is 1. The molecule has 1 amide bonds. The first kappa shape index (κ1) is 19.8. The van der Waals surface area contributed by atoms with Crippen molar-refractivity contribution in [1.29, 1.82) is 0 Å². The number of rotatable bonds is 12. The minimum atomic E-state index is -1.07. The maximum Gasteiger partial charge on any atom is 0.305 e. The van der Waals surface area contributed by atoms with Crippen LogP contribution in [0.5, 0.6) is 0 Å². The Morgan fingerprint density at radius 2 is 1.95 bits per heavy atom. The van der Waals surface area contributed by atoms with Crippen LogP contribution in [-0.2, 0) is 14.4 Å². The van der Waals surface area contributed by atoms with Crippen LogP contribution in [-0.4, -0.2) is 60.9 Å². The van der Waals surface area contributed by atoms with Crippen LogP contribution >= 0.6 is 0 Å². The number of nitrogens with two attached hydrogens (primary N) is 3. The quantitative estimate of drug-likeness (QED) is 0.0958. The first-order valence-corrected chi connectivity index (χ1v) is 6.86. The lowest BCUT2D eigenvalue weighted by Crippen LogP contribution is -2.44. The van der Waals surface area contributed by atoms with Crippen LogP contribution in [0, 0.1) is 0 Å². The molecule has 0 spiro atoms. The molecule has 0 aromatic rings. The molecule has 0 saturated heterocycles. The van der Waals surface area contributed by atoms with E-state index in [4.69, 9.17) is 22.3 Å². The second-order valence-electron chi connectivity index (χ2n) is 4.64. The van der Waals surface area contributed by atoms with Crippen LogP contribution in [0.15, 0.2) is 4.99 Å². The predicted octanol–water partition coefficient (Wildman–Crippen LogP) is -2.88. The summed E-state index contributed by atoms with van der Waals surface area (Å²) in [4.78, 5) is 36.5. The Morgan fingerprint density at radius 1 is 1.27 bits per heavy atom. The molecule has 2 atom stereocenters. The van der Waals surface area contributed by atoms with Gasteiger partial charge >= 0.3 is 5.97 Å². The molecule has 0 aromatic carbocycles. The normalized spacial score (nSPS) is 13.0. The van der Waals surface area contributed by atoms with E-state index in [9.17, 15) is 14.4 Å². The van der Waals surface area contributed by atoms with Gasteiger partial charge in [-0.05, 0) is 12.8 Å². The summed E-state index contributed by atoms with van der Waals surface area (Å²) in [5.74, 6) is -1.40. The van der Waals surface area contributed by atoms with E-state index in [0.29, 0.717) is 25.7 Å². The molecule has 126 valence electrons. The van der Waals surface area contributed by atoms with Gasteiger partial charge in [0.15, 0.2) is 5.96 Å². The summed E-state index contributed by atoms with van der Waals surface area (Å²) in [7, 11) is 0. The molecule has 0 aliphatic rings. The number of aliphatic imine (C=N–C) groups is 1. The van der Waals surface area contributed by atoms with Crippen LogP contribution in [0.1, 0.15) is 19.3 Å². The molecule has 10 nitrogen and oxygen atoms in total. The summed E-state index contributed by atoms with van der Waals surface area (Å²) in [5.41, 5.74) is 16.0. The zero-order chi connectivity index (χ0) is 17.0. The van der Waals surface area contributed by atoms with Gasteiger partial charge < -0.3 is 37.7 Å². The molecule has 0 aliphatic heterocycles. The smallest absolute Gasteiger partial charge is 0.305 e. The summed E-state index contributed by atoms with van der Waals surface area (Å²) in [5, 5.41) is 13.9. The zero-order valence-electron chi connectivity index (χ0n) is 12.3. The standard InChI is InChI=1S/C12H24N6O4/c13-9(2-1-3-18-12(14)15)11(22)17-5-4-16-8(7-19)6-10(20)21/h7-9,16H,1-6,13H2,(H,17,22)(H,20,21)(H4,14,15,18)/t8-,9-/m0/s1. The molecule has 0 radical (unpaired) electrons. The van der Waals surface area contributed by atoms with Crippen LogP contribution in [0.3, 0.4) is 0 Å². The van der Waals surface area contributed by atoms with E-state index in [-0.39, 0.29) is 31.4 Å². The van der Waals surface area contributed by atoms with Crippen molar-refractivity contribution in [2.75, 3.05) is 19.6 Å². The van der Waals surface area contributed by atoms with Crippen LogP contribution < -0.4 is 27.8 Å². The molecule has 0 aromatic heterocycles. The molecule has 0 bridgehead atoms. The fourth-order valence-corrected chi connectivity index (χ4v) is 1.58. The molecule has 0 heterocycles. The molecule has 9 N–H and O–H groups in total. The SMILES string of the molecule is NC(N)=NCCC[C@H](N)C(=O)NCCN[C@H](C=O)CC(=O)O. The van der Waals surface area contributed by atoms with Crippen molar-refractivity contribution in [1.82, 2.24) is 10.6 Å². The number of carboxylic acids is 1. The number of hydrogen-bond donors (Lipinski definition) is 6. The number of amides is 1. The van der Waals surface area contributed by atoms with Crippen LogP contribution in [0.2, 0.25) is 0 Å². The Labute approximate surface area is 128 Å². The van der Waals surface area contributed by atoms with Gasteiger partial charge in [-0.25, -0.2) is 0 Å². The van der Waals surface area contributed by atoms with Gasteiger partial charge in [-0.3, -0.25) is 14.6 Å². The van der Waals surface area contributed by atoms with E-state index >= 15 is 0 Å². The minimum Gasteiger partial charge on any atom is -0.481 e. The third-order valence-electron chi connectivity index (χ3n) is 2.69. The van der Waals surface area contributed by atoms with E-state index in [1.54, 1.807) is 0 Å². The first-order valence-electron chi connectivity index (χ1n) is 6.86. The van der Waals surface area contributed by atoms with E-state index < -0.39 is 18.1 Å². The summed E-state index contributed by atoms with van der Waals surface area (Å²) in [6.07, 6.45) is 1.23. The van der Waals surface area contributed by atoms with E-state index in [1.165, 1.54) is 0 Å². The molecular formula is C12H24N6O4. The van der Waals surface area contributed by atoms with Crippen molar-refractivity contribution in [3.63, 3.8) is 0 Å². The van der Waals surface area contributed by atoms with Crippen molar-refractivity contribution < 1.29 is 19.5 Å². The third-order valence-corrected chi connectivity index (χ3v) is 2.69. The largest absolute Gasteiger partial charge is 0.481 e. The number of aliphatic carboxylic acids is 1. The topological polar surface area (TPSA) is 186 Å². The summed E-state index contributed by atoms with van der Waals surface area (Å²) < 4.78 is 0. The predicted molar refractivity (Wildman–Crippen MR) is 81.0 cm³/mol. The average molecular weight is 316 g/mol. The van der Waals surface area contributed by atoms with Crippen molar-refractivity contribution in [2.24, 2.45) is 22.2 Å². The van der Waals surface area contributed by atoms with Crippen LogP contribution in [0.25, 0.3) is 0 Å². The number of nitrogens with zero attached hydrogens (tertiary/aromatic N) is 1. The van der Waals surface area contributed by atoms with Gasteiger partial charge in [0.2, 0.25) is 5.91 Å². The number of aldehydes is 1. The maximum atomic E-state index is 11.7. The van der Waals surface area contributed by atoms with Crippen molar-refractivity contribution >= 4 is 24.1 Å². The van der Waals surface area contributed by atoms with Gasteiger partial charge in [-0.1, -0.05) is 0 Å². The Morgan fingerprint density at radius 3 is 2.50 bits per heavy atom. The second kappa shape index (κ2) is 11.5. The maximum absolute atomic E-state index is 11.7. The molecule has 0 saturated carbocycles. The second-order valence-corrected chi connectivity index (χ2v) is 4.64. The summed E-state index contributed by atoms with van der Waals surface area (Å²) >= 11 is 0. The molecule has 22 heavy (non-hydrogen) atoms. The highest BCUT2D eigenvalue weighted by atomic mass is 16.4. The molecule has 0 rings (SSSR count). The number of carboxylic acid groups (broad SMARTS) is 1. The van der Waals surface area contributed by atoms with E-state index in [2.05, 4.69) is 15.6 Å². The van der Waals surface area contributed by atoms with Crippen molar-refractivity contribution in [3.05, 3.63) is 0 Å². The van der Waals surface area contributed by atoms with Crippen molar-refractivity contribution in [3.8, 4) is 0 Å². The minimum absolute atomic E-state index is 0.00445. The number of hydrogen-bond acceptors (Lipinski definition) is 6. The zero-order valence-corrected chi connectivity index (χ0v) is 12.3. The third kappa shape index (κ3) is 10.6. The Balaban J connectivity index is 3.81. The number of nitrogens with one attached hydrogen (secondary N) is 2. The van der Waals surface area contributed by atoms with E-state index in [1.807, 2.05) is 0 Å². The molecule has 10 heteroatoms. The Bertz CT molecular complexity index is 397. The monoisotopic (exact) mass is 316 g/mol. The lowest BCUT2D eigenvalue weighted by Gasteiger charge is -2.13. The highest BCUT2D eigenvalue weighted by molar-refractivity contribution is 5.81. The number of carbonyl (C=O) groups excluding carboxylic acids is 2. The first-order chi connectivity index (χ1) is 10.4. The van der Waals surface area contributed by atoms with Gasteiger partial charge in [-0.2, -0.15) is 0 Å². The Kier molecular flexibility index (Phi) is 10.3. The van der Waals surface area contributed by atoms with Gasteiger partial charge in [0.05, 0.1) is 18.5 Å². The lowest BCUT2D eigenvalue weighted by molar-refractivity contribution is -0.138. The number of carbonyl (C=O) groups is 3. The van der Waals surface area contributed by atoms with Crippen LogP contribution in [0.4, 0.5) is 0 Å². The summed E-state index contributed by atoms with van der Waals surface area (Å²) in [6, 6.07) is -1.45. The van der Waals surface area contributed by atoms with Gasteiger partial charge in [0.25, 0.3) is 0 Å².